The number of carboxylic acids is 1. The Kier molecular flexibility index (Phi) is 5.11. The van der Waals surface area contributed by atoms with Gasteiger partial charge in [-0.2, -0.15) is 0 Å². The van der Waals surface area contributed by atoms with E-state index in [2.05, 4.69) is 5.32 Å². The summed E-state index contributed by atoms with van der Waals surface area (Å²) in [5, 5.41) is 11.8. The number of nitrogens with one attached hydrogen (secondary N) is 1. The quantitative estimate of drug-likeness (QED) is 0.798. The van der Waals surface area contributed by atoms with Crippen molar-refractivity contribution in [2.75, 3.05) is 19.8 Å². The maximum Gasteiger partial charge on any atom is 0.329 e. The van der Waals surface area contributed by atoms with E-state index in [1.165, 1.54) is 18.2 Å². The molecule has 0 fully saturated rings. The molecule has 1 aromatic carbocycles. The lowest BCUT2D eigenvalue weighted by atomic mass is 10.2. The van der Waals surface area contributed by atoms with Crippen LogP contribution in [-0.2, 0) is 9.53 Å². The zero-order chi connectivity index (χ0) is 15.4. The van der Waals surface area contributed by atoms with E-state index in [1.54, 1.807) is 0 Å². The number of ether oxygens (including phenoxy) is 1. The van der Waals surface area contributed by atoms with Gasteiger partial charge in [0.15, 0.2) is 0 Å². The van der Waals surface area contributed by atoms with Gasteiger partial charge < -0.3 is 15.2 Å². The van der Waals surface area contributed by atoms with Crippen LogP contribution in [-0.4, -0.2) is 36.7 Å². The molecule has 1 heterocycles. The zero-order valence-corrected chi connectivity index (χ0v) is 12.3. The Morgan fingerprint density at radius 3 is 2.90 bits per heavy atom. The molecule has 0 atom stereocenters. The Labute approximate surface area is 128 Å². The Hall–Kier alpha value is -1.70. The number of carboxylic acid groups (broad SMARTS) is 1. The largest absolute Gasteiger partial charge is 0.480 e. The maximum atomic E-state index is 13.1. The molecule has 8 heteroatoms. The van der Waals surface area contributed by atoms with Crippen LogP contribution in [0.15, 0.2) is 18.2 Å². The summed E-state index contributed by atoms with van der Waals surface area (Å²) in [5.74, 6) is -1.87. The van der Waals surface area contributed by atoms with E-state index in [9.17, 15) is 14.0 Å². The number of halogens is 2. The van der Waals surface area contributed by atoms with Crippen LogP contribution in [0.2, 0.25) is 5.02 Å². The van der Waals surface area contributed by atoms with Crippen LogP contribution in [0.5, 0.6) is 0 Å². The lowest BCUT2D eigenvalue weighted by molar-refractivity contribution is -0.142. The van der Waals surface area contributed by atoms with Gasteiger partial charge in [0.25, 0.3) is 5.91 Å². The van der Waals surface area contributed by atoms with Gasteiger partial charge in [0.1, 0.15) is 17.3 Å². The second-order valence-corrected chi connectivity index (χ2v) is 5.52. The third-order valence-electron chi connectivity index (χ3n) is 2.56. The van der Waals surface area contributed by atoms with Crippen molar-refractivity contribution in [2.24, 2.45) is 0 Å². The predicted octanol–water partition coefficient (Wildman–Crippen LogP) is 2.52. The van der Waals surface area contributed by atoms with E-state index < -0.39 is 24.3 Å². The monoisotopic (exact) mass is 331 g/mol. The molecule has 5 nitrogen and oxygen atoms in total. The summed E-state index contributed by atoms with van der Waals surface area (Å²) in [5.41, 5.74) is 0. The summed E-state index contributed by atoms with van der Waals surface area (Å²) in [6.07, 6.45) is 0. The number of aliphatic carboxylic acids is 1. The van der Waals surface area contributed by atoms with Crippen molar-refractivity contribution in [3.05, 3.63) is 33.9 Å². The zero-order valence-electron chi connectivity index (χ0n) is 10.7. The molecule has 0 aliphatic heterocycles. The fourth-order valence-electron chi connectivity index (χ4n) is 1.66. The average molecular weight is 332 g/mol. The number of fused-ring (bicyclic) bond motifs is 1. The van der Waals surface area contributed by atoms with Crippen molar-refractivity contribution in [1.29, 1.82) is 0 Å². The van der Waals surface area contributed by atoms with Gasteiger partial charge in [-0.3, -0.25) is 4.79 Å². The molecule has 1 aromatic heterocycles. The van der Waals surface area contributed by atoms with Crippen LogP contribution < -0.4 is 5.32 Å². The molecule has 2 rings (SSSR count). The third-order valence-corrected chi connectivity index (χ3v) is 4.21. The SMILES string of the molecule is O=C(O)COCCNC(=O)c1sc2cc(F)ccc2c1Cl. The summed E-state index contributed by atoms with van der Waals surface area (Å²) < 4.78 is 18.5. The van der Waals surface area contributed by atoms with Gasteiger partial charge in [-0.1, -0.05) is 11.6 Å². The van der Waals surface area contributed by atoms with Crippen molar-refractivity contribution < 1.29 is 23.8 Å². The number of rotatable bonds is 6. The minimum atomic E-state index is -1.07. The molecule has 0 radical (unpaired) electrons. The van der Waals surface area contributed by atoms with Crippen LogP contribution in [0.4, 0.5) is 4.39 Å². The van der Waals surface area contributed by atoms with E-state index >= 15 is 0 Å². The number of hydrogen-bond donors (Lipinski definition) is 2. The van der Waals surface area contributed by atoms with Crippen LogP contribution in [0.3, 0.4) is 0 Å². The summed E-state index contributed by atoms with van der Waals surface area (Å²) in [7, 11) is 0. The highest BCUT2D eigenvalue weighted by molar-refractivity contribution is 7.21. The van der Waals surface area contributed by atoms with Gasteiger partial charge in [-0.25, -0.2) is 9.18 Å². The van der Waals surface area contributed by atoms with E-state index in [-0.39, 0.29) is 23.1 Å². The first-order valence-electron chi connectivity index (χ1n) is 5.94. The molecule has 2 aromatic rings. The lowest BCUT2D eigenvalue weighted by Crippen LogP contribution is -2.27. The molecule has 2 N–H and O–H groups in total. The van der Waals surface area contributed by atoms with Crippen molar-refractivity contribution >= 4 is 44.9 Å². The molecular formula is C13H11ClFNO4S. The van der Waals surface area contributed by atoms with Crippen molar-refractivity contribution in [2.45, 2.75) is 0 Å². The van der Waals surface area contributed by atoms with Crippen molar-refractivity contribution in [3.63, 3.8) is 0 Å². The molecule has 0 bridgehead atoms. The minimum Gasteiger partial charge on any atom is -0.480 e. The minimum absolute atomic E-state index is 0.0786. The third kappa shape index (κ3) is 3.90. The highest BCUT2D eigenvalue weighted by Gasteiger charge is 2.17. The normalized spacial score (nSPS) is 10.8. The fraction of sp³-hybridized carbons (Fsp3) is 0.231. The highest BCUT2D eigenvalue weighted by atomic mass is 35.5. The molecule has 0 aliphatic carbocycles. The van der Waals surface area contributed by atoms with Crippen LogP contribution in [0.1, 0.15) is 9.67 Å². The molecule has 112 valence electrons. The number of benzene rings is 1. The van der Waals surface area contributed by atoms with E-state index in [0.29, 0.717) is 10.1 Å². The van der Waals surface area contributed by atoms with Crippen LogP contribution in [0, 0.1) is 5.82 Å². The van der Waals surface area contributed by atoms with Gasteiger partial charge in [-0.05, 0) is 18.2 Å². The van der Waals surface area contributed by atoms with Gasteiger partial charge in [0.05, 0.1) is 11.6 Å². The first-order chi connectivity index (χ1) is 9.99. The molecule has 0 spiro atoms. The van der Waals surface area contributed by atoms with Gasteiger partial charge in [0.2, 0.25) is 0 Å². The van der Waals surface area contributed by atoms with E-state index in [1.807, 2.05) is 0 Å². The van der Waals surface area contributed by atoms with Crippen LogP contribution >= 0.6 is 22.9 Å². The Morgan fingerprint density at radius 2 is 2.19 bits per heavy atom. The molecule has 0 aliphatic rings. The number of thiophene rings is 1. The Morgan fingerprint density at radius 1 is 1.43 bits per heavy atom. The fourth-order valence-corrected chi connectivity index (χ4v) is 3.12. The lowest BCUT2D eigenvalue weighted by Gasteiger charge is -2.04. The highest BCUT2D eigenvalue weighted by Crippen LogP contribution is 2.35. The van der Waals surface area contributed by atoms with E-state index in [0.717, 1.165) is 11.3 Å². The average Bonchev–Trinajstić information content (AvgIpc) is 2.74. The van der Waals surface area contributed by atoms with Crippen molar-refractivity contribution in [3.8, 4) is 0 Å². The van der Waals surface area contributed by atoms with Crippen molar-refractivity contribution in [1.82, 2.24) is 5.32 Å². The number of carbonyl (C=O) groups is 2. The smallest absolute Gasteiger partial charge is 0.329 e. The molecule has 0 unspecified atom stereocenters. The standard InChI is InChI=1S/C13H11ClFNO4S/c14-11-8-2-1-7(15)5-9(8)21-12(11)13(19)16-3-4-20-6-10(17)18/h1-2,5H,3-4,6H2,(H,16,19)(H,17,18). The number of hydrogen-bond acceptors (Lipinski definition) is 4. The summed E-state index contributed by atoms with van der Waals surface area (Å²) in [6, 6.07) is 4.12. The van der Waals surface area contributed by atoms with Gasteiger partial charge >= 0.3 is 5.97 Å². The molecule has 21 heavy (non-hydrogen) atoms. The molecule has 1 amide bonds. The predicted molar refractivity (Wildman–Crippen MR) is 77.6 cm³/mol. The molecular weight excluding hydrogens is 321 g/mol. The number of carbonyl (C=O) groups excluding carboxylic acids is 1. The summed E-state index contributed by atoms with van der Waals surface area (Å²) in [6.45, 7) is -0.182. The van der Waals surface area contributed by atoms with Gasteiger partial charge in [0, 0.05) is 16.6 Å². The first kappa shape index (κ1) is 15.7. The molecule has 0 saturated carbocycles. The Balaban J connectivity index is 1.99. The second-order valence-electron chi connectivity index (χ2n) is 4.09. The second kappa shape index (κ2) is 6.84. The molecule has 0 saturated heterocycles. The topological polar surface area (TPSA) is 75.6 Å². The Bertz CT molecular complexity index is 688. The summed E-state index contributed by atoms with van der Waals surface area (Å²) >= 11 is 7.20. The van der Waals surface area contributed by atoms with E-state index in [4.69, 9.17) is 21.4 Å². The van der Waals surface area contributed by atoms with Crippen LogP contribution in [0.25, 0.3) is 10.1 Å². The number of amides is 1. The maximum absolute atomic E-state index is 13.1. The summed E-state index contributed by atoms with van der Waals surface area (Å²) in [4.78, 5) is 22.5. The van der Waals surface area contributed by atoms with Gasteiger partial charge in [-0.15, -0.1) is 11.3 Å². The first-order valence-corrected chi connectivity index (χ1v) is 7.14.